The van der Waals surface area contributed by atoms with Gasteiger partial charge in [0.1, 0.15) is 6.04 Å². The Kier molecular flexibility index (Phi) is 34.1. The van der Waals surface area contributed by atoms with Crippen molar-refractivity contribution in [2.24, 2.45) is 11.8 Å². The van der Waals surface area contributed by atoms with E-state index in [4.69, 9.17) is 5.11 Å². The van der Waals surface area contributed by atoms with E-state index >= 15 is 0 Å². The number of carbonyl (C=O) groups is 3. The number of benzene rings is 15. The first kappa shape index (κ1) is 91.8. The molecule has 2 aliphatic carbocycles. The van der Waals surface area contributed by atoms with Crippen LogP contribution in [-0.4, -0.2) is 60.3 Å². The van der Waals surface area contributed by atoms with Gasteiger partial charge in [0.2, 0.25) is 21.8 Å². The van der Waals surface area contributed by atoms with E-state index in [1.165, 1.54) is 63.7 Å². The molecule has 0 spiro atoms. The van der Waals surface area contributed by atoms with E-state index in [0.717, 1.165) is 35.1 Å². The molecular weight excluding hydrogens is 1740 g/mol. The number of aromatic nitrogens is 2. The molecule has 2 fully saturated rings. The van der Waals surface area contributed by atoms with Gasteiger partial charge in [-0.15, -0.1) is 0 Å². The van der Waals surface area contributed by atoms with E-state index in [9.17, 15) is 27.6 Å². The van der Waals surface area contributed by atoms with Gasteiger partial charge in [0.15, 0.2) is 0 Å². The number of carboxylic acid groups (broad SMARTS) is 1. The van der Waals surface area contributed by atoms with Crippen LogP contribution in [0.2, 0.25) is 0 Å². The predicted octanol–water partition coefficient (Wildman–Crippen LogP) is 17.8. The van der Waals surface area contributed by atoms with Gasteiger partial charge in [-0.25, -0.2) is 17.9 Å². The van der Waals surface area contributed by atoms with E-state index in [1.807, 2.05) is 31.2 Å². The molecule has 126 heavy (non-hydrogen) atoms. The molecule has 2 saturated carbocycles. The number of amides is 3. The Morgan fingerprint density at radius 2 is 0.722 bits per heavy atom. The Morgan fingerprint density at radius 3 is 1.02 bits per heavy atom. The SMILES string of the molecule is Cc1cc(S(=O)(=O)NC2CC2)ccc1-c1ccc(C[C@H](NC(=O)[C@H]2CC[C@H](CNC(=O)O)CC2)C(=O)Nc2ccc3c(=O)[nH][nH]c3c2)cc1.[Pd].c1ccc(P(c2ccccc2)c2ccccc2)cc1.c1ccc(P(c2ccccc2)c2ccccc2)cc1.c1ccc(P(c2ccccc2)c2ccccc2)cc1.c1ccc(P(c2ccccc2)c2ccccc2)cc1. The quantitative estimate of drug-likeness (QED) is 0.0230. The number of fused-ring (bicyclic) bond motifs is 1. The third-order valence-electron chi connectivity index (χ3n) is 21.5. The fraction of sp³-hybridized carbons (Fsp3) is 0.121. The molecule has 2 aliphatic rings. The Balaban J connectivity index is 0.000000147. The van der Waals surface area contributed by atoms with Crippen LogP contribution in [0.1, 0.15) is 49.7 Å². The van der Waals surface area contributed by atoms with Crippen LogP contribution in [0.4, 0.5) is 10.5 Å². The van der Waals surface area contributed by atoms with Crippen LogP contribution in [0.15, 0.2) is 434 Å². The average molecular weight is 1840 g/mol. The van der Waals surface area contributed by atoms with Crippen molar-refractivity contribution in [3.05, 3.63) is 446 Å². The topological polar surface area (TPSA) is 202 Å². The van der Waals surface area contributed by atoms with Crippen LogP contribution >= 0.6 is 31.7 Å². The van der Waals surface area contributed by atoms with Gasteiger partial charge in [-0.2, -0.15) is 0 Å². The second-order valence-electron chi connectivity index (χ2n) is 30.4. The summed E-state index contributed by atoms with van der Waals surface area (Å²) in [6.07, 6.45) is 3.45. The second-order valence-corrected chi connectivity index (χ2v) is 41.0. The summed E-state index contributed by atoms with van der Waals surface area (Å²) in [7, 11) is -5.35. The van der Waals surface area contributed by atoms with E-state index in [0.29, 0.717) is 48.8 Å². The molecule has 0 bridgehead atoms. The smallest absolute Gasteiger partial charge is 0.404 e. The molecule has 13 nitrogen and oxygen atoms in total. The number of carbonyl (C=O) groups excluding carboxylic acids is 2. The van der Waals surface area contributed by atoms with Gasteiger partial charge in [0, 0.05) is 51.0 Å². The van der Waals surface area contributed by atoms with Gasteiger partial charge < -0.3 is 21.1 Å². The number of anilines is 1. The molecule has 0 radical (unpaired) electrons. The Morgan fingerprint density at radius 1 is 0.397 bits per heavy atom. The van der Waals surface area contributed by atoms with E-state index < -0.39 is 59.8 Å². The van der Waals surface area contributed by atoms with Crippen molar-refractivity contribution in [3.8, 4) is 11.1 Å². The molecule has 1 atom stereocenters. The second kappa shape index (κ2) is 46.9. The summed E-state index contributed by atoms with van der Waals surface area (Å²) in [5, 5.41) is 39.7. The van der Waals surface area contributed by atoms with E-state index in [1.54, 1.807) is 36.4 Å². The zero-order chi connectivity index (χ0) is 86.4. The van der Waals surface area contributed by atoms with E-state index in [-0.39, 0.29) is 61.1 Å². The van der Waals surface area contributed by atoms with Gasteiger partial charge >= 0.3 is 6.09 Å². The monoisotopic (exact) mass is 1840 g/mol. The number of rotatable bonds is 24. The van der Waals surface area contributed by atoms with Crippen LogP contribution in [-0.2, 0) is 46.5 Å². The molecule has 0 saturated heterocycles. The number of hydrogen-bond donors (Lipinski definition) is 7. The standard InChI is InChI=1S/C35H40N6O7S.4C18H15P.Pd/c1-20-16-27(49(47,48)41-25-10-11-25)13-15-28(20)23-6-2-21(3-7-23)17-31(34(44)37-26-12-14-29-30(18-26)39-40-33(29)43)38-32(42)24-8-4-22(5-9-24)19-36-35(45)46;4*1-4-10-16(11-5-1)19(17-12-6-2-7-13-17)18-14-8-3-9-15-18;/h2-3,6-7,12-16,18,22,24-25,31,36,41H,4-5,8-11,17,19H2,1H3,(H,37,44)(H,38,42)(H,45,46)(H2,39,40,43);4*1-15H;/t22-,24-,31-;;;;;/m0...../s1. The summed E-state index contributed by atoms with van der Waals surface area (Å²) >= 11 is 0. The van der Waals surface area contributed by atoms with Crippen LogP contribution in [0.5, 0.6) is 0 Å². The third-order valence-corrected chi connectivity index (χ3v) is 32.8. The Hall–Kier alpha value is -11.9. The molecule has 0 unspecified atom stereocenters. The molecule has 7 N–H and O–H groups in total. The minimum atomic E-state index is -3.57. The summed E-state index contributed by atoms with van der Waals surface area (Å²) in [6.45, 7) is 2.22. The largest absolute Gasteiger partial charge is 0.465 e. The number of nitrogens with one attached hydrogen (secondary N) is 6. The summed E-state index contributed by atoms with van der Waals surface area (Å²) in [5.74, 6) is -0.777. The number of sulfonamides is 1. The molecule has 18 rings (SSSR count). The summed E-state index contributed by atoms with van der Waals surface area (Å²) in [6, 6.07) is 146. The van der Waals surface area contributed by atoms with Gasteiger partial charge in [-0.3, -0.25) is 24.6 Å². The predicted molar refractivity (Wildman–Crippen MR) is 525 cm³/mol. The minimum Gasteiger partial charge on any atom is -0.465 e. The fourth-order valence-electron chi connectivity index (χ4n) is 15.1. The van der Waals surface area contributed by atoms with Crippen molar-refractivity contribution in [2.75, 3.05) is 11.9 Å². The van der Waals surface area contributed by atoms with Crippen molar-refractivity contribution in [1.29, 1.82) is 0 Å². The maximum absolute atomic E-state index is 13.7. The first-order valence-corrected chi connectivity index (χ1v) is 48.9. The molecule has 3 amide bonds. The summed E-state index contributed by atoms with van der Waals surface area (Å²) in [4.78, 5) is 50.2. The number of hydrogen-bond acceptors (Lipinski definition) is 6. The Labute approximate surface area is 757 Å². The first-order valence-electron chi connectivity index (χ1n) is 42.1. The molecular formula is C107H100N6O7P4PdS. The number of H-pyrrole nitrogens is 2. The van der Waals surface area contributed by atoms with Crippen molar-refractivity contribution in [1.82, 2.24) is 25.6 Å². The minimum absolute atomic E-state index is 0. The van der Waals surface area contributed by atoms with Gasteiger partial charge in [0.25, 0.3) is 5.56 Å². The van der Waals surface area contributed by atoms with Gasteiger partial charge in [0.05, 0.1) is 15.8 Å². The van der Waals surface area contributed by atoms with Gasteiger partial charge in [-0.05, 0) is 199 Å². The molecule has 1 aromatic heterocycles. The zero-order valence-corrected chi connectivity index (χ0v) is 75.7. The number of aromatic amines is 2. The van der Waals surface area contributed by atoms with Crippen molar-refractivity contribution in [3.63, 3.8) is 0 Å². The molecule has 16 aromatic rings. The van der Waals surface area contributed by atoms with Crippen molar-refractivity contribution < 1.29 is 48.3 Å². The van der Waals surface area contributed by atoms with Crippen LogP contribution in [0.25, 0.3) is 22.0 Å². The Bertz CT molecular complexity index is 5360. The first-order chi connectivity index (χ1) is 61.2. The molecule has 1 heterocycles. The zero-order valence-electron chi connectivity index (χ0n) is 69.8. The van der Waals surface area contributed by atoms with E-state index in [2.05, 4.69) is 395 Å². The van der Waals surface area contributed by atoms with Crippen LogP contribution in [0, 0.1) is 18.8 Å². The van der Waals surface area contributed by atoms with Crippen LogP contribution < -0.4 is 89.9 Å². The van der Waals surface area contributed by atoms with Crippen LogP contribution in [0.3, 0.4) is 0 Å². The normalized spacial score (nSPS) is 13.6. The summed E-state index contributed by atoms with van der Waals surface area (Å²) < 4.78 is 28.1. The van der Waals surface area contributed by atoms with Gasteiger partial charge in [-0.1, -0.05) is 394 Å². The maximum Gasteiger partial charge on any atom is 0.404 e. The number of aryl methyl sites for hydroxylation is 1. The maximum atomic E-state index is 13.7. The fourth-order valence-corrected chi connectivity index (χ4v) is 25.7. The summed E-state index contributed by atoms with van der Waals surface area (Å²) in [5.41, 5.74) is 4.11. The average Bonchev–Trinajstić information content (AvgIpc) is 0.873. The van der Waals surface area contributed by atoms with Crippen molar-refractivity contribution in [2.45, 2.75) is 68.8 Å². The molecule has 19 heteroatoms. The molecule has 0 aliphatic heterocycles. The molecule has 15 aromatic carbocycles. The third kappa shape index (κ3) is 26.1. The molecule has 636 valence electrons. The van der Waals surface area contributed by atoms with Crippen molar-refractivity contribution >= 4 is 140 Å².